The predicted molar refractivity (Wildman–Crippen MR) is 123 cm³/mol. The highest BCUT2D eigenvalue weighted by Crippen LogP contribution is 2.44. The van der Waals surface area contributed by atoms with Gasteiger partial charge in [-0.3, -0.25) is 4.79 Å². The number of ketones is 1. The molecule has 3 rings (SSSR count). The summed E-state index contributed by atoms with van der Waals surface area (Å²) < 4.78 is 14.3. The number of carbonyl (C=O) groups is 1. The first-order chi connectivity index (χ1) is 14.0. The lowest BCUT2D eigenvalue weighted by molar-refractivity contribution is 0.0928. The average molecular weight is 405 g/mol. The monoisotopic (exact) mass is 405 g/mol. The van der Waals surface area contributed by atoms with Gasteiger partial charge in [0.1, 0.15) is 0 Å². The molecule has 29 heavy (non-hydrogen) atoms. The van der Waals surface area contributed by atoms with Crippen molar-refractivity contribution in [2.75, 3.05) is 18.2 Å². The van der Waals surface area contributed by atoms with Gasteiger partial charge in [0.05, 0.1) is 6.29 Å². The van der Waals surface area contributed by atoms with Crippen LogP contribution >= 0.6 is 7.14 Å². The van der Waals surface area contributed by atoms with Crippen molar-refractivity contribution in [1.82, 2.24) is 0 Å². The van der Waals surface area contributed by atoms with Gasteiger partial charge in [-0.1, -0.05) is 86.6 Å². The molecule has 1 atom stereocenters. The molecule has 0 spiro atoms. The van der Waals surface area contributed by atoms with Crippen molar-refractivity contribution in [3.05, 3.63) is 90.5 Å². The number of para-hydroxylation sites is 1. The Bertz CT molecular complexity index is 958. The Morgan fingerprint density at radius 2 is 1.34 bits per heavy atom. The molecule has 3 aromatic carbocycles. The normalized spacial score (nSPS) is 12.4. The molecule has 0 aliphatic heterocycles. The van der Waals surface area contributed by atoms with Gasteiger partial charge >= 0.3 is 0 Å². The summed E-state index contributed by atoms with van der Waals surface area (Å²) in [4.78, 5) is 14.9. The molecule has 0 aliphatic rings. The highest BCUT2D eigenvalue weighted by atomic mass is 31.2. The zero-order chi connectivity index (χ0) is 20.9. The topological polar surface area (TPSA) is 37.4 Å². The van der Waals surface area contributed by atoms with Crippen LogP contribution in [-0.2, 0) is 4.57 Å². The van der Waals surface area contributed by atoms with Crippen LogP contribution in [0.2, 0.25) is 0 Å². The van der Waals surface area contributed by atoms with Crippen molar-refractivity contribution >= 4 is 29.2 Å². The van der Waals surface area contributed by atoms with Gasteiger partial charge in [0, 0.05) is 34.8 Å². The van der Waals surface area contributed by atoms with E-state index in [-0.39, 0.29) is 11.7 Å². The third-order valence-corrected chi connectivity index (χ3v) is 8.49. The molecular weight excluding hydrogens is 377 g/mol. The van der Waals surface area contributed by atoms with Crippen LogP contribution in [0.3, 0.4) is 0 Å². The quantitative estimate of drug-likeness (QED) is 0.376. The lowest BCUT2D eigenvalue weighted by Gasteiger charge is -2.28. The maximum Gasteiger partial charge on any atom is 0.167 e. The van der Waals surface area contributed by atoms with Gasteiger partial charge in [-0.25, -0.2) is 0 Å². The van der Waals surface area contributed by atoms with E-state index in [1.165, 1.54) is 0 Å². The van der Waals surface area contributed by atoms with Crippen molar-refractivity contribution in [1.29, 1.82) is 0 Å². The first-order valence-electron chi connectivity index (χ1n) is 10.0. The third-order valence-electron chi connectivity index (χ3n) is 5.40. The summed E-state index contributed by atoms with van der Waals surface area (Å²) in [6, 6.07) is 26.9. The Kier molecular flexibility index (Phi) is 6.71. The second-order valence-corrected chi connectivity index (χ2v) is 10.2. The molecule has 0 aromatic heterocycles. The number of anilines is 1. The fourth-order valence-electron chi connectivity index (χ4n) is 3.49. The van der Waals surface area contributed by atoms with Crippen LogP contribution in [0.5, 0.6) is 0 Å². The van der Waals surface area contributed by atoms with E-state index in [2.05, 4.69) is 0 Å². The van der Waals surface area contributed by atoms with Crippen LogP contribution in [-0.4, -0.2) is 19.1 Å². The van der Waals surface area contributed by atoms with Crippen LogP contribution in [0.1, 0.15) is 30.6 Å². The second-order valence-electron chi connectivity index (χ2n) is 7.44. The summed E-state index contributed by atoms with van der Waals surface area (Å²) in [7, 11) is -0.994. The Labute approximate surface area is 173 Å². The molecule has 1 unspecified atom stereocenters. The smallest absolute Gasteiger partial charge is 0.167 e. The van der Waals surface area contributed by atoms with Crippen LogP contribution in [0.25, 0.3) is 0 Å². The van der Waals surface area contributed by atoms with Crippen molar-refractivity contribution in [3.8, 4) is 0 Å². The van der Waals surface area contributed by atoms with E-state index >= 15 is 0 Å². The summed E-state index contributed by atoms with van der Waals surface area (Å²) in [5.41, 5.74) is 1.52. The van der Waals surface area contributed by atoms with Gasteiger partial charge in [-0.05, 0) is 18.6 Å². The standard InChI is InChI=1S/C25H28NO2P/c1-4-20(2)25(27)23-17-11-12-18-24(23)26(3)19-29(28,21-13-7-5-8-14-21)22-15-9-6-10-16-22/h5-18,20H,4,19H2,1-3H3. The van der Waals surface area contributed by atoms with Crippen LogP contribution < -0.4 is 15.5 Å². The molecule has 150 valence electrons. The number of nitrogens with zero attached hydrogens (tertiary/aromatic N) is 1. The Hall–Kier alpha value is -2.64. The second kappa shape index (κ2) is 9.24. The maximum absolute atomic E-state index is 14.3. The van der Waals surface area contributed by atoms with E-state index in [0.29, 0.717) is 11.8 Å². The third kappa shape index (κ3) is 4.52. The fourth-order valence-corrected chi connectivity index (χ4v) is 6.17. The van der Waals surface area contributed by atoms with E-state index in [4.69, 9.17) is 0 Å². The van der Waals surface area contributed by atoms with Gasteiger partial charge in [0.25, 0.3) is 0 Å². The molecule has 3 aromatic rings. The van der Waals surface area contributed by atoms with Crippen LogP contribution in [0, 0.1) is 5.92 Å². The summed E-state index contributed by atoms with van der Waals surface area (Å²) in [6.07, 6.45) is 1.12. The largest absolute Gasteiger partial charge is 0.366 e. The molecule has 0 radical (unpaired) electrons. The number of hydrogen-bond acceptors (Lipinski definition) is 3. The molecule has 0 saturated carbocycles. The Morgan fingerprint density at radius 3 is 1.86 bits per heavy atom. The highest BCUT2D eigenvalue weighted by Gasteiger charge is 2.30. The molecule has 0 heterocycles. The summed E-state index contributed by atoms with van der Waals surface area (Å²) >= 11 is 0. The minimum atomic E-state index is -2.91. The number of benzene rings is 3. The molecule has 0 amide bonds. The van der Waals surface area contributed by atoms with E-state index in [1.807, 2.05) is 111 Å². The lowest BCUT2D eigenvalue weighted by Crippen LogP contribution is -2.29. The van der Waals surface area contributed by atoms with Crippen LogP contribution in [0.15, 0.2) is 84.9 Å². The number of rotatable bonds is 8. The Morgan fingerprint density at radius 1 is 0.862 bits per heavy atom. The van der Waals surface area contributed by atoms with Crippen molar-refractivity contribution in [2.45, 2.75) is 20.3 Å². The zero-order valence-corrected chi connectivity index (χ0v) is 18.2. The van der Waals surface area contributed by atoms with Crippen molar-refractivity contribution in [2.24, 2.45) is 5.92 Å². The summed E-state index contributed by atoms with van der Waals surface area (Å²) in [5, 5.41) is 1.65. The first-order valence-corrected chi connectivity index (χ1v) is 11.9. The molecule has 0 saturated heterocycles. The van der Waals surface area contributed by atoms with Crippen molar-refractivity contribution < 1.29 is 9.36 Å². The van der Waals surface area contributed by atoms with Crippen LogP contribution in [0.4, 0.5) is 5.69 Å². The van der Waals surface area contributed by atoms with Gasteiger partial charge in [0.2, 0.25) is 0 Å². The minimum absolute atomic E-state index is 0.0420. The number of carbonyl (C=O) groups excluding carboxylic acids is 1. The van der Waals surface area contributed by atoms with Gasteiger partial charge in [0.15, 0.2) is 12.9 Å². The maximum atomic E-state index is 14.3. The first kappa shape index (κ1) is 21.1. The van der Waals surface area contributed by atoms with Gasteiger partial charge in [-0.15, -0.1) is 0 Å². The van der Waals surface area contributed by atoms with Crippen molar-refractivity contribution in [3.63, 3.8) is 0 Å². The minimum Gasteiger partial charge on any atom is -0.366 e. The summed E-state index contributed by atoms with van der Waals surface area (Å²) in [6.45, 7) is 3.98. The SMILES string of the molecule is CCC(C)C(=O)c1ccccc1N(C)CP(=O)(c1ccccc1)c1ccccc1. The van der Waals surface area contributed by atoms with E-state index in [1.54, 1.807) is 0 Å². The molecule has 0 bridgehead atoms. The average Bonchev–Trinajstić information content (AvgIpc) is 2.79. The van der Waals surface area contributed by atoms with E-state index in [9.17, 15) is 9.36 Å². The zero-order valence-electron chi connectivity index (χ0n) is 17.3. The molecular formula is C25H28NO2P. The van der Waals surface area contributed by atoms with Gasteiger partial charge < -0.3 is 9.46 Å². The number of Topliss-reactive ketones (excluding diaryl/α,β-unsaturated/α-hetero) is 1. The predicted octanol–water partition coefficient (Wildman–Crippen LogP) is 5.32. The molecule has 0 fully saturated rings. The van der Waals surface area contributed by atoms with Gasteiger partial charge in [-0.2, -0.15) is 0 Å². The summed E-state index contributed by atoms with van der Waals surface area (Å²) in [5.74, 6) is 0.0869. The number of hydrogen-bond donors (Lipinski definition) is 0. The highest BCUT2D eigenvalue weighted by molar-refractivity contribution is 7.78. The molecule has 0 N–H and O–H groups in total. The molecule has 0 aliphatic carbocycles. The van der Waals surface area contributed by atoms with E-state index < -0.39 is 7.14 Å². The fraction of sp³-hybridized carbons (Fsp3) is 0.240. The lowest BCUT2D eigenvalue weighted by atomic mass is 9.96. The van der Waals surface area contributed by atoms with E-state index in [0.717, 1.165) is 22.7 Å². The molecule has 3 nitrogen and oxygen atoms in total. The Balaban J connectivity index is 2.03. The molecule has 4 heteroatoms.